The maximum atomic E-state index is 13.8. The molecule has 3 saturated carbocycles. The van der Waals surface area contributed by atoms with E-state index in [1.54, 1.807) is 0 Å². The zero-order valence-electron chi connectivity index (χ0n) is 22.8. The Hall–Kier alpha value is -2.12. The lowest BCUT2D eigenvalue weighted by molar-refractivity contribution is -0.139. The summed E-state index contributed by atoms with van der Waals surface area (Å²) in [6, 6.07) is -1.36. The van der Waals surface area contributed by atoms with Crippen molar-refractivity contribution >= 4 is 23.6 Å². The molecule has 5 N–H and O–H groups in total. The molecule has 8 heteroatoms. The summed E-state index contributed by atoms with van der Waals surface area (Å²) in [6.07, 6.45) is 4.40. The van der Waals surface area contributed by atoms with E-state index in [-0.39, 0.29) is 52.1 Å². The molecule has 0 aliphatic heterocycles. The molecule has 0 heterocycles. The van der Waals surface area contributed by atoms with Crippen LogP contribution in [0.1, 0.15) is 87.5 Å². The molecule has 4 amide bonds. The molecule has 0 radical (unpaired) electrons. The number of rotatable bonds is 8. The normalized spacial score (nSPS) is 29.3. The van der Waals surface area contributed by atoms with Crippen LogP contribution in [0.3, 0.4) is 0 Å². The van der Waals surface area contributed by atoms with Crippen molar-refractivity contribution in [3.63, 3.8) is 0 Å². The number of carbonyl (C=O) groups is 4. The minimum absolute atomic E-state index is 0.0335. The largest absolute Gasteiger partial charge is 0.363 e. The van der Waals surface area contributed by atoms with Gasteiger partial charge in [-0.25, -0.2) is 4.79 Å². The highest BCUT2D eigenvalue weighted by atomic mass is 16.2. The summed E-state index contributed by atoms with van der Waals surface area (Å²) in [7, 11) is 0. The van der Waals surface area contributed by atoms with Gasteiger partial charge < -0.3 is 21.7 Å². The molecule has 3 fully saturated rings. The fourth-order valence-electron chi connectivity index (χ4n) is 6.57. The second-order valence-corrected chi connectivity index (χ2v) is 13.9. The van der Waals surface area contributed by atoms with E-state index in [0.717, 1.165) is 25.7 Å². The number of fused-ring (bicyclic) bond motifs is 1. The average Bonchev–Trinajstić information content (AvgIpc) is 3.00. The third-order valence-electron chi connectivity index (χ3n) is 8.62. The molecular formula is C27H46N4O4. The Labute approximate surface area is 210 Å². The van der Waals surface area contributed by atoms with Gasteiger partial charge >= 0.3 is 6.03 Å². The standard InChI is InChI=1S/C27H46N4O4/c1-25(2,3)21(30-24(35)31-26(4,5)6)15-13-16-19(27(16,7)8)18(15)23(34)29-17(20(32)22(28)33)12-14-10-9-11-14/h14-19,21H,9-13H2,1-8H3,(H2,28,33)(H,29,34)(H2,30,31,35)/t15?,16-,17?,18-,19-,21?/m0/s1. The minimum atomic E-state index is -1.00. The molecule has 8 nitrogen and oxygen atoms in total. The molecule has 6 atom stereocenters. The molecule has 0 bridgehead atoms. The molecule has 3 unspecified atom stereocenters. The number of hydrogen-bond donors (Lipinski definition) is 4. The molecule has 0 spiro atoms. The first-order valence-electron chi connectivity index (χ1n) is 13.2. The molecular weight excluding hydrogens is 444 g/mol. The van der Waals surface area contributed by atoms with Gasteiger partial charge in [0.2, 0.25) is 11.7 Å². The predicted molar refractivity (Wildman–Crippen MR) is 135 cm³/mol. The average molecular weight is 491 g/mol. The highest BCUT2D eigenvalue weighted by Crippen LogP contribution is 2.71. The molecule has 0 aromatic rings. The number of urea groups is 1. The summed E-state index contributed by atoms with van der Waals surface area (Å²) in [5.41, 5.74) is 4.69. The fourth-order valence-corrected chi connectivity index (χ4v) is 6.57. The monoisotopic (exact) mass is 490 g/mol. The van der Waals surface area contributed by atoms with Crippen molar-refractivity contribution in [2.75, 3.05) is 0 Å². The smallest absolute Gasteiger partial charge is 0.315 e. The third-order valence-corrected chi connectivity index (χ3v) is 8.62. The van der Waals surface area contributed by atoms with Crippen LogP contribution in [-0.4, -0.2) is 41.3 Å². The van der Waals surface area contributed by atoms with Crippen molar-refractivity contribution < 1.29 is 19.2 Å². The van der Waals surface area contributed by atoms with Crippen LogP contribution >= 0.6 is 0 Å². The molecule has 3 aliphatic carbocycles. The number of amides is 4. The topological polar surface area (TPSA) is 130 Å². The number of nitrogens with two attached hydrogens (primary N) is 1. The Morgan fingerprint density at radius 1 is 1.00 bits per heavy atom. The molecule has 0 saturated heterocycles. The van der Waals surface area contributed by atoms with E-state index in [0.29, 0.717) is 18.3 Å². The van der Waals surface area contributed by atoms with Gasteiger partial charge in [0, 0.05) is 17.5 Å². The lowest BCUT2D eigenvalue weighted by atomic mass is 9.70. The first kappa shape index (κ1) is 27.5. The van der Waals surface area contributed by atoms with Crippen LogP contribution in [0, 0.1) is 40.4 Å². The summed E-state index contributed by atoms with van der Waals surface area (Å²) in [6.45, 7) is 16.4. The van der Waals surface area contributed by atoms with Gasteiger partial charge in [0.05, 0.1) is 6.04 Å². The zero-order chi connectivity index (χ0) is 26.5. The number of hydrogen-bond acceptors (Lipinski definition) is 4. The Morgan fingerprint density at radius 3 is 2.06 bits per heavy atom. The van der Waals surface area contributed by atoms with Crippen LogP contribution in [0.4, 0.5) is 4.79 Å². The Kier molecular flexibility index (Phi) is 7.37. The van der Waals surface area contributed by atoms with E-state index in [1.165, 1.54) is 0 Å². The Bertz CT molecular complexity index is 865. The van der Waals surface area contributed by atoms with Gasteiger partial charge in [-0.1, -0.05) is 53.9 Å². The van der Waals surface area contributed by atoms with Gasteiger partial charge in [0.25, 0.3) is 5.91 Å². The van der Waals surface area contributed by atoms with Crippen LogP contribution in [0.2, 0.25) is 0 Å². The zero-order valence-corrected chi connectivity index (χ0v) is 22.8. The Balaban J connectivity index is 1.84. The van der Waals surface area contributed by atoms with Crippen molar-refractivity contribution in [2.24, 2.45) is 46.2 Å². The SMILES string of the molecule is CC(C)(C)NC(=O)NC(C1C[C@H]2[C@@H]([C@H]1C(=O)NC(CC1CCC1)C(=O)C(N)=O)C2(C)C)C(C)(C)C. The van der Waals surface area contributed by atoms with Crippen LogP contribution in [0.5, 0.6) is 0 Å². The van der Waals surface area contributed by atoms with Gasteiger partial charge in [-0.15, -0.1) is 0 Å². The quantitative estimate of drug-likeness (QED) is 0.389. The summed E-state index contributed by atoms with van der Waals surface area (Å²) in [5.74, 6) is -1.44. The maximum absolute atomic E-state index is 13.8. The molecule has 3 rings (SSSR count). The first-order valence-corrected chi connectivity index (χ1v) is 13.2. The summed E-state index contributed by atoms with van der Waals surface area (Å²) in [4.78, 5) is 51.0. The highest BCUT2D eigenvalue weighted by molar-refractivity contribution is 6.37. The van der Waals surface area contributed by atoms with Crippen LogP contribution in [-0.2, 0) is 14.4 Å². The number of nitrogens with one attached hydrogen (secondary N) is 3. The van der Waals surface area contributed by atoms with Crippen molar-refractivity contribution in [3.8, 4) is 0 Å². The molecule has 35 heavy (non-hydrogen) atoms. The van der Waals surface area contributed by atoms with Crippen molar-refractivity contribution in [1.82, 2.24) is 16.0 Å². The summed E-state index contributed by atoms with van der Waals surface area (Å²) < 4.78 is 0. The molecule has 3 aliphatic rings. The maximum Gasteiger partial charge on any atom is 0.315 e. The van der Waals surface area contributed by atoms with Crippen molar-refractivity contribution in [1.29, 1.82) is 0 Å². The number of carbonyl (C=O) groups excluding carboxylic acids is 4. The molecule has 0 aromatic heterocycles. The van der Waals surface area contributed by atoms with Gasteiger partial charge in [0.15, 0.2) is 0 Å². The molecule has 198 valence electrons. The highest BCUT2D eigenvalue weighted by Gasteiger charge is 2.70. The summed E-state index contributed by atoms with van der Waals surface area (Å²) >= 11 is 0. The third kappa shape index (κ3) is 6.00. The Morgan fingerprint density at radius 2 is 1.60 bits per heavy atom. The van der Waals surface area contributed by atoms with E-state index in [9.17, 15) is 19.2 Å². The van der Waals surface area contributed by atoms with Crippen molar-refractivity contribution in [2.45, 2.75) is 105 Å². The predicted octanol–water partition coefficient (Wildman–Crippen LogP) is 3.14. The van der Waals surface area contributed by atoms with Gasteiger partial charge in [0.1, 0.15) is 0 Å². The van der Waals surface area contributed by atoms with Gasteiger partial charge in [-0.2, -0.15) is 0 Å². The van der Waals surface area contributed by atoms with E-state index in [1.807, 2.05) is 20.8 Å². The number of Topliss-reactive ketones (excluding diaryl/α,β-unsaturated/α-hetero) is 1. The first-order chi connectivity index (χ1) is 15.9. The van der Waals surface area contributed by atoms with Crippen LogP contribution in [0.15, 0.2) is 0 Å². The van der Waals surface area contributed by atoms with E-state index in [4.69, 9.17) is 5.73 Å². The van der Waals surface area contributed by atoms with E-state index < -0.39 is 17.7 Å². The molecule has 0 aromatic carbocycles. The summed E-state index contributed by atoms with van der Waals surface area (Å²) in [5, 5.41) is 9.10. The lowest BCUT2D eigenvalue weighted by Crippen LogP contribution is -2.58. The van der Waals surface area contributed by atoms with Crippen LogP contribution < -0.4 is 21.7 Å². The second kappa shape index (κ2) is 9.40. The van der Waals surface area contributed by atoms with Crippen molar-refractivity contribution in [3.05, 3.63) is 0 Å². The van der Waals surface area contributed by atoms with E-state index >= 15 is 0 Å². The van der Waals surface area contributed by atoms with Crippen LogP contribution in [0.25, 0.3) is 0 Å². The second-order valence-electron chi connectivity index (χ2n) is 13.9. The van der Waals surface area contributed by atoms with Gasteiger partial charge in [-0.05, 0) is 68.1 Å². The van der Waals surface area contributed by atoms with Gasteiger partial charge in [-0.3, -0.25) is 14.4 Å². The van der Waals surface area contributed by atoms with E-state index in [2.05, 4.69) is 50.6 Å². The number of primary amides is 1. The fraction of sp³-hybridized carbons (Fsp3) is 0.852. The lowest BCUT2D eigenvalue weighted by Gasteiger charge is -2.41. The minimum Gasteiger partial charge on any atom is -0.363 e. The number of ketones is 1.